The highest BCUT2D eigenvalue weighted by atomic mass is 32.1. The molecule has 0 radical (unpaired) electrons. The van der Waals surface area contributed by atoms with E-state index in [9.17, 15) is 9.90 Å². The maximum atomic E-state index is 11.2. The Hall–Kier alpha value is -1.89. The lowest BCUT2D eigenvalue weighted by Gasteiger charge is -2.05. The van der Waals surface area contributed by atoms with Crippen LogP contribution in [0.2, 0.25) is 0 Å². The number of carbonyl (C=O) groups is 1. The third-order valence-electron chi connectivity index (χ3n) is 2.79. The molecule has 0 unspecified atom stereocenters. The van der Waals surface area contributed by atoms with Crippen LogP contribution in [0.3, 0.4) is 0 Å². The van der Waals surface area contributed by atoms with Crippen LogP contribution in [-0.2, 0) is 19.6 Å². The zero-order valence-electron chi connectivity index (χ0n) is 11.5. The molecule has 0 fully saturated rings. The lowest BCUT2D eigenvalue weighted by atomic mass is 10.3. The molecule has 0 spiro atoms. The maximum absolute atomic E-state index is 11.2. The molecule has 0 aliphatic rings. The molecule has 6 nitrogen and oxygen atoms in total. The molecule has 7 heteroatoms. The molecule has 108 valence electrons. The quantitative estimate of drug-likeness (QED) is 0.849. The Morgan fingerprint density at radius 3 is 2.95 bits per heavy atom. The Labute approximate surface area is 121 Å². The lowest BCUT2D eigenvalue weighted by molar-refractivity contribution is 0.0697. The van der Waals surface area contributed by atoms with Gasteiger partial charge in [0.25, 0.3) is 0 Å². The van der Waals surface area contributed by atoms with Gasteiger partial charge >= 0.3 is 5.97 Å². The van der Waals surface area contributed by atoms with Crippen molar-refractivity contribution >= 4 is 17.3 Å². The van der Waals surface area contributed by atoms with Crippen molar-refractivity contribution in [3.05, 3.63) is 28.0 Å². The van der Waals surface area contributed by atoms with Gasteiger partial charge < -0.3 is 9.84 Å². The SMILES string of the molecule is CCCc1cc(OCc2ncnn2CC)c(C(=O)O)s1. The molecule has 0 atom stereocenters. The van der Waals surface area contributed by atoms with Crippen LogP contribution in [0.5, 0.6) is 5.75 Å². The topological polar surface area (TPSA) is 77.2 Å². The number of hydrogen-bond acceptors (Lipinski definition) is 5. The van der Waals surface area contributed by atoms with Crippen molar-refractivity contribution in [1.82, 2.24) is 14.8 Å². The Balaban J connectivity index is 2.13. The van der Waals surface area contributed by atoms with Gasteiger partial charge in [0.05, 0.1) is 0 Å². The summed E-state index contributed by atoms with van der Waals surface area (Å²) < 4.78 is 7.34. The number of aromatic carboxylic acids is 1. The average Bonchev–Trinajstić information content (AvgIpc) is 3.02. The molecule has 0 amide bonds. The van der Waals surface area contributed by atoms with Gasteiger partial charge in [0.1, 0.15) is 18.7 Å². The van der Waals surface area contributed by atoms with Crippen molar-refractivity contribution in [3.63, 3.8) is 0 Å². The molecule has 1 N–H and O–H groups in total. The Bertz CT molecular complexity index is 591. The largest absolute Gasteiger partial charge is 0.484 e. The molecule has 0 saturated heterocycles. The number of ether oxygens (including phenoxy) is 1. The zero-order chi connectivity index (χ0) is 14.5. The fraction of sp³-hybridized carbons (Fsp3) is 0.462. The van der Waals surface area contributed by atoms with Crippen molar-refractivity contribution in [2.24, 2.45) is 0 Å². The maximum Gasteiger partial charge on any atom is 0.349 e. The van der Waals surface area contributed by atoms with Crippen LogP contribution in [0.4, 0.5) is 0 Å². The van der Waals surface area contributed by atoms with Crippen LogP contribution in [0.1, 0.15) is 40.6 Å². The molecule has 20 heavy (non-hydrogen) atoms. The molecule has 2 aromatic rings. The van der Waals surface area contributed by atoms with Crippen molar-refractivity contribution in [1.29, 1.82) is 0 Å². The standard InChI is InChI=1S/C13H17N3O3S/c1-3-5-9-6-10(12(20-9)13(17)18)19-7-11-14-8-15-16(11)4-2/h6,8H,3-5,7H2,1-2H3,(H,17,18). The first kappa shape index (κ1) is 14.5. The van der Waals surface area contributed by atoms with E-state index in [0.717, 1.165) is 17.7 Å². The van der Waals surface area contributed by atoms with Gasteiger partial charge in [-0.3, -0.25) is 0 Å². The van der Waals surface area contributed by atoms with E-state index in [0.29, 0.717) is 18.1 Å². The summed E-state index contributed by atoms with van der Waals surface area (Å²) in [5.74, 6) is 0.146. The summed E-state index contributed by atoms with van der Waals surface area (Å²) in [4.78, 5) is 16.6. The molecular weight excluding hydrogens is 278 g/mol. The summed E-state index contributed by atoms with van der Waals surface area (Å²) in [7, 11) is 0. The second-order valence-electron chi connectivity index (χ2n) is 4.24. The van der Waals surface area contributed by atoms with E-state index < -0.39 is 5.97 Å². The number of aromatic nitrogens is 3. The Morgan fingerprint density at radius 2 is 2.30 bits per heavy atom. The van der Waals surface area contributed by atoms with E-state index in [2.05, 4.69) is 17.0 Å². The molecule has 2 heterocycles. The minimum Gasteiger partial charge on any atom is -0.484 e. The number of thiophene rings is 1. The second kappa shape index (κ2) is 6.51. The van der Waals surface area contributed by atoms with Crippen LogP contribution >= 0.6 is 11.3 Å². The first-order valence-corrected chi connectivity index (χ1v) is 7.32. The van der Waals surface area contributed by atoms with Crippen LogP contribution in [0, 0.1) is 0 Å². The molecule has 0 aromatic carbocycles. The summed E-state index contributed by atoms with van der Waals surface area (Å²) >= 11 is 1.27. The van der Waals surface area contributed by atoms with Gasteiger partial charge in [-0.1, -0.05) is 13.3 Å². The van der Waals surface area contributed by atoms with E-state index in [1.165, 1.54) is 17.7 Å². The summed E-state index contributed by atoms with van der Waals surface area (Å²) in [5, 5.41) is 13.3. The number of carboxylic acid groups (broad SMARTS) is 1. The van der Waals surface area contributed by atoms with E-state index in [1.54, 1.807) is 4.68 Å². The average molecular weight is 295 g/mol. The van der Waals surface area contributed by atoms with Gasteiger partial charge in [0, 0.05) is 11.4 Å². The van der Waals surface area contributed by atoms with Gasteiger partial charge in [0.2, 0.25) is 0 Å². The smallest absolute Gasteiger partial charge is 0.349 e. The first-order valence-electron chi connectivity index (χ1n) is 6.51. The lowest BCUT2D eigenvalue weighted by Crippen LogP contribution is -2.08. The van der Waals surface area contributed by atoms with E-state index in [4.69, 9.17) is 4.74 Å². The predicted molar refractivity (Wildman–Crippen MR) is 75.3 cm³/mol. The van der Waals surface area contributed by atoms with Crippen LogP contribution in [0.15, 0.2) is 12.4 Å². The predicted octanol–water partition coefficient (Wildman–Crippen LogP) is 2.59. The van der Waals surface area contributed by atoms with Gasteiger partial charge in [-0.25, -0.2) is 14.5 Å². The molecule has 0 saturated carbocycles. The second-order valence-corrected chi connectivity index (χ2v) is 5.38. The molecule has 2 rings (SSSR count). The normalized spacial score (nSPS) is 10.7. The van der Waals surface area contributed by atoms with Gasteiger partial charge in [-0.05, 0) is 19.4 Å². The van der Waals surface area contributed by atoms with Crippen molar-refractivity contribution in [3.8, 4) is 5.75 Å². The van der Waals surface area contributed by atoms with E-state index in [-0.39, 0.29) is 11.5 Å². The van der Waals surface area contributed by atoms with Gasteiger partial charge in [0.15, 0.2) is 10.7 Å². The Kier molecular flexibility index (Phi) is 4.73. The van der Waals surface area contributed by atoms with E-state index in [1.807, 2.05) is 13.0 Å². The van der Waals surface area contributed by atoms with Crippen LogP contribution in [-0.4, -0.2) is 25.8 Å². The fourth-order valence-corrected chi connectivity index (χ4v) is 2.89. The van der Waals surface area contributed by atoms with Crippen molar-refractivity contribution in [2.45, 2.75) is 39.8 Å². The Morgan fingerprint density at radius 1 is 1.50 bits per heavy atom. The zero-order valence-corrected chi connectivity index (χ0v) is 12.3. The molecule has 2 aromatic heterocycles. The third kappa shape index (κ3) is 3.16. The van der Waals surface area contributed by atoms with Crippen molar-refractivity contribution < 1.29 is 14.6 Å². The molecule has 0 aliphatic heterocycles. The fourth-order valence-electron chi connectivity index (χ4n) is 1.85. The van der Waals surface area contributed by atoms with Gasteiger partial charge in [-0.15, -0.1) is 11.3 Å². The summed E-state index contributed by atoms with van der Waals surface area (Å²) in [6, 6.07) is 1.81. The minimum absolute atomic E-state index is 0.219. The van der Waals surface area contributed by atoms with E-state index >= 15 is 0 Å². The first-order chi connectivity index (χ1) is 9.65. The summed E-state index contributed by atoms with van der Waals surface area (Å²) in [5.41, 5.74) is 0. The third-order valence-corrected chi connectivity index (χ3v) is 3.96. The molecule has 0 aliphatic carbocycles. The number of hydrogen-bond donors (Lipinski definition) is 1. The number of rotatable bonds is 7. The number of nitrogens with zero attached hydrogens (tertiary/aromatic N) is 3. The van der Waals surface area contributed by atoms with Crippen LogP contribution in [0.25, 0.3) is 0 Å². The van der Waals surface area contributed by atoms with Gasteiger partial charge in [-0.2, -0.15) is 5.10 Å². The summed E-state index contributed by atoms with van der Waals surface area (Å²) in [6.45, 7) is 4.95. The minimum atomic E-state index is -0.954. The summed E-state index contributed by atoms with van der Waals surface area (Å²) in [6.07, 6.45) is 3.30. The molecule has 0 bridgehead atoms. The highest BCUT2D eigenvalue weighted by molar-refractivity contribution is 7.14. The van der Waals surface area contributed by atoms with Crippen LogP contribution < -0.4 is 4.74 Å². The highest BCUT2D eigenvalue weighted by Crippen LogP contribution is 2.30. The highest BCUT2D eigenvalue weighted by Gasteiger charge is 2.17. The monoisotopic (exact) mass is 295 g/mol. The van der Waals surface area contributed by atoms with Crippen molar-refractivity contribution in [2.75, 3.05) is 0 Å². The number of carboxylic acids is 1. The molecular formula is C13H17N3O3S. The number of aryl methyl sites for hydroxylation is 2.